The quantitative estimate of drug-likeness (QED) is 0.690. The van der Waals surface area contributed by atoms with Gasteiger partial charge >= 0.3 is 0 Å². The maximum absolute atomic E-state index is 13.5. The zero-order chi connectivity index (χ0) is 11.7. The molecule has 0 spiro atoms. The molecule has 0 aliphatic rings. The van der Waals surface area contributed by atoms with Gasteiger partial charge in [-0.3, -0.25) is 0 Å². The van der Waals surface area contributed by atoms with Crippen molar-refractivity contribution in [1.82, 2.24) is 0 Å². The Hall–Kier alpha value is -1.41. The molecule has 1 radical (unpaired) electrons. The predicted molar refractivity (Wildman–Crippen MR) is 60.4 cm³/mol. The fourth-order valence-electron chi connectivity index (χ4n) is 1.50. The molecule has 2 aromatic rings. The average molecular weight is 238 g/mol. The van der Waals surface area contributed by atoms with Crippen LogP contribution in [0.3, 0.4) is 0 Å². The minimum absolute atomic E-state index is 0.129. The van der Waals surface area contributed by atoms with Gasteiger partial charge in [-0.15, -0.1) is 0 Å². The molecule has 0 nitrogen and oxygen atoms in total. The van der Waals surface area contributed by atoms with Crippen molar-refractivity contribution in [2.75, 3.05) is 0 Å². The van der Waals surface area contributed by atoms with Gasteiger partial charge in [-0.25, -0.2) is 8.78 Å². The fourth-order valence-corrected chi connectivity index (χ4v) is 1.70. The van der Waals surface area contributed by atoms with Gasteiger partial charge in [0.1, 0.15) is 11.6 Å². The summed E-state index contributed by atoms with van der Waals surface area (Å²) < 4.78 is 27.1. The Morgan fingerprint density at radius 1 is 1.06 bits per heavy atom. The van der Waals surface area contributed by atoms with Crippen molar-refractivity contribution in [2.24, 2.45) is 0 Å². The van der Waals surface area contributed by atoms with E-state index in [1.807, 2.05) is 0 Å². The van der Waals surface area contributed by atoms with Gasteiger partial charge in [-0.2, -0.15) is 0 Å². The van der Waals surface area contributed by atoms with Crippen LogP contribution < -0.4 is 0 Å². The molecule has 0 aromatic heterocycles. The molecule has 2 rings (SSSR count). The van der Waals surface area contributed by atoms with E-state index in [2.05, 4.69) is 6.07 Å². The highest BCUT2D eigenvalue weighted by atomic mass is 35.5. The highest BCUT2D eigenvalue weighted by Crippen LogP contribution is 2.32. The summed E-state index contributed by atoms with van der Waals surface area (Å²) >= 11 is 5.91. The number of benzene rings is 2. The van der Waals surface area contributed by atoms with Gasteiger partial charge in [0.05, 0.1) is 5.56 Å². The third kappa shape index (κ3) is 1.93. The van der Waals surface area contributed by atoms with Gasteiger partial charge in [0.15, 0.2) is 0 Å². The van der Waals surface area contributed by atoms with Crippen LogP contribution >= 0.6 is 11.6 Å². The standard InChI is InChI=1S/C13H8ClF2/c1-8-5-6-10(14)9(7-8)13-11(15)3-2-4-12(13)16/h2-6H,1H3. The summed E-state index contributed by atoms with van der Waals surface area (Å²) in [6, 6.07) is 9.92. The molecule has 0 N–H and O–H groups in total. The molecule has 0 atom stereocenters. The number of aryl methyl sites for hydroxylation is 1. The SMILES string of the molecule is Cc1[c]c(-c2c(F)cccc2F)c(Cl)cc1. The van der Waals surface area contributed by atoms with Crippen LogP contribution in [0.25, 0.3) is 11.1 Å². The predicted octanol–water partition coefficient (Wildman–Crippen LogP) is 4.39. The molecule has 0 heterocycles. The molecule has 2 aromatic carbocycles. The van der Waals surface area contributed by atoms with Crippen LogP contribution in [0.4, 0.5) is 8.78 Å². The molecule has 0 bridgehead atoms. The Labute approximate surface area is 97.5 Å². The lowest BCUT2D eigenvalue weighted by atomic mass is 10.0. The van der Waals surface area contributed by atoms with Crippen LogP contribution in [0, 0.1) is 24.6 Å². The minimum Gasteiger partial charge on any atom is -0.206 e. The summed E-state index contributed by atoms with van der Waals surface area (Å²) in [4.78, 5) is 0. The molecule has 0 aliphatic heterocycles. The second-order valence-electron chi connectivity index (χ2n) is 3.46. The highest BCUT2D eigenvalue weighted by Gasteiger charge is 2.14. The number of hydrogen-bond acceptors (Lipinski definition) is 0. The Morgan fingerprint density at radius 3 is 2.31 bits per heavy atom. The third-order valence-electron chi connectivity index (χ3n) is 2.25. The Balaban J connectivity index is 2.72. The Kier molecular flexibility index (Phi) is 2.92. The smallest absolute Gasteiger partial charge is 0.134 e. The first-order chi connectivity index (χ1) is 7.59. The summed E-state index contributed by atoms with van der Waals surface area (Å²) in [7, 11) is 0. The fraction of sp³-hybridized carbons (Fsp3) is 0.0769. The molecule has 0 aliphatic carbocycles. The molecule has 0 amide bonds. The number of halogens is 3. The van der Waals surface area contributed by atoms with Gasteiger partial charge in [-0.05, 0) is 36.8 Å². The van der Waals surface area contributed by atoms with Crippen molar-refractivity contribution in [1.29, 1.82) is 0 Å². The van der Waals surface area contributed by atoms with E-state index in [1.54, 1.807) is 19.1 Å². The second kappa shape index (κ2) is 4.22. The molecule has 0 fully saturated rings. The van der Waals surface area contributed by atoms with Crippen molar-refractivity contribution in [3.63, 3.8) is 0 Å². The normalized spacial score (nSPS) is 10.5. The first-order valence-corrected chi connectivity index (χ1v) is 5.10. The summed E-state index contributed by atoms with van der Waals surface area (Å²) in [6.45, 7) is 1.79. The number of hydrogen-bond donors (Lipinski definition) is 0. The van der Waals surface area contributed by atoms with Gasteiger partial charge in [0, 0.05) is 10.6 Å². The van der Waals surface area contributed by atoms with Crippen LogP contribution in [0.5, 0.6) is 0 Å². The van der Waals surface area contributed by atoms with Gasteiger partial charge < -0.3 is 0 Å². The highest BCUT2D eigenvalue weighted by molar-refractivity contribution is 6.33. The van der Waals surface area contributed by atoms with E-state index >= 15 is 0 Å². The van der Waals surface area contributed by atoms with Gasteiger partial charge in [0.25, 0.3) is 0 Å². The van der Waals surface area contributed by atoms with Crippen molar-refractivity contribution in [2.45, 2.75) is 6.92 Å². The molecule has 3 heteroatoms. The molecular weight excluding hydrogens is 230 g/mol. The summed E-state index contributed by atoms with van der Waals surface area (Å²) in [5.41, 5.74) is 0.913. The molecule has 0 saturated heterocycles. The van der Waals surface area contributed by atoms with Crippen LogP contribution in [0.15, 0.2) is 30.3 Å². The lowest BCUT2D eigenvalue weighted by Crippen LogP contribution is -1.91. The second-order valence-corrected chi connectivity index (χ2v) is 3.87. The maximum atomic E-state index is 13.5. The van der Waals surface area contributed by atoms with Crippen LogP contribution in [-0.2, 0) is 0 Å². The molecular formula is C13H8ClF2. The first kappa shape index (κ1) is 11.1. The largest absolute Gasteiger partial charge is 0.206 e. The summed E-state index contributed by atoms with van der Waals surface area (Å²) in [5.74, 6) is -1.27. The monoisotopic (exact) mass is 237 g/mol. The van der Waals surface area contributed by atoms with Crippen LogP contribution in [0.1, 0.15) is 5.56 Å². The summed E-state index contributed by atoms with van der Waals surface area (Å²) in [5, 5.41) is 0.287. The van der Waals surface area contributed by atoms with Crippen molar-refractivity contribution in [3.8, 4) is 11.1 Å². The van der Waals surface area contributed by atoms with E-state index in [4.69, 9.17) is 11.6 Å². The van der Waals surface area contributed by atoms with Crippen LogP contribution in [0.2, 0.25) is 5.02 Å². The zero-order valence-electron chi connectivity index (χ0n) is 8.52. The molecule has 0 unspecified atom stereocenters. The third-order valence-corrected chi connectivity index (χ3v) is 2.57. The lowest BCUT2D eigenvalue weighted by Gasteiger charge is -2.07. The molecule has 81 valence electrons. The Bertz CT molecular complexity index is 515. The lowest BCUT2D eigenvalue weighted by molar-refractivity contribution is 0.589. The first-order valence-electron chi connectivity index (χ1n) is 4.72. The van der Waals surface area contributed by atoms with E-state index in [9.17, 15) is 8.78 Å². The maximum Gasteiger partial charge on any atom is 0.134 e. The van der Waals surface area contributed by atoms with Crippen molar-refractivity contribution in [3.05, 3.63) is 58.6 Å². The van der Waals surface area contributed by atoms with Gasteiger partial charge in [0.2, 0.25) is 0 Å². The van der Waals surface area contributed by atoms with E-state index in [0.717, 1.165) is 5.56 Å². The van der Waals surface area contributed by atoms with E-state index in [1.165, 1.54) is 18.2 Å². The minimum atomic E-state index is -0.635. The van der Waals surface area contributed by atoms with Crippen LogP contribution in [-0.4, -0.2) is 0 Å². The average Bonchev–Trinajstić information content (AvgIpc) is 2.23. The molecule has 16 heavy (non-hydrogen) atoms. The van der Waals surface area contributed by atoms with E-state index < -0.39 is 11.6 Å². The van der Waals surface area contributed by atoms with E-state index in [0.29, 0.717) is 0 Å². The van der Waals surface area contributed by atoms with E-state index in [-0.39, 0.29) is 16.1 Å². The van der Waals surface area contributed by atoms with Crippen molar-refractivity contribution >= 4 is 11.6 Å². The zero-order valence-corrected chi connectivity index (χ0v) is 9.28. The summed E-state index contributed by atoms with van der Waals surface area (Å²) in [6.07, 6.45) is 0. The van der Waals surface area contributed by atoms with Gasteiger partial charge in [-0.1, -0.05) is 23.7 Å². The topological polar surface area (TPSA) is 0 Å². The molecule has 0 saturated carbocycles. The number of rotatable bonds is 1. The van der Waals surface area contributed by atoms with Crippen molar-refractivity contribution < 1.29 is 8.78 Å². The Morgan fingerprint density at radius 2 is 1.69 bits per heavy atom.